The minimum absolute atomic E-state index is 0.0747. The Morgan fingerprint density at radius 2 is 1.59 bits per heavy atom. The highest BCUT2D eigenvalue weighted by Crippen LogP contribution is 2.29. The minimum atomic E-state index is -0.0747. The van der Waals surface area contributed by atoms with Crippen LogP contribution in [0.15, 0.2) is 30.3 Å². The summed E-state index contributed by atoms with van der Waals surface area (Å²) in [6.45, 7) is 12.7. The predicted molar refractivity (Wildman–Crippen MR) is 93.3 cm³/mol. The summed E-state index contributed by atoms with van der Waals surface area (Å²) in [7, 11) is 0. The van der Waals surface area contributed by atoms with Gasteiger partial charge in [0.25, 0.3) is 0 Å². The molecule has 0 heterocycles. The van der Waals surface area contributed by atoms with Gasteiger partial charge in [-0.05, 0) is 78.5 Å². The molecule has 0 fully saturated rings. The maximum atomic E-state index is 14.2. The molecule has 0 amide bonds. The molecule has 0 saturated carbocycles. The number of hydrogen-bond acceptors (Lipinski definition) is 0. The van der Waals surface area contributed by atoms with Gasteiger partial charge in [0.05, 0.1) is 0 Å². The molecule has 0 aliphatic heterocycles. The van der Waals surface area contributed by atoms with Crippen molar-refractivity contribution in [3.63, 3.8) is 0 Å². The van der Waals surface area contributed by atoms with Crippen LogP contribution in [-0.4, -0.2) is 0 Å². The molecule has 0 nitrogen and oxygen atoms in total. The van der Waals surface area contributed by atoms with Crippen molar-refractivity contribution >= 4 is 0 Å². The second-order valence-corrected chi connectivity index (χ2v) is 6.84. The van der Waals surface area contributed by atoms with Crippen LogP contribution in [0.1, 0.15) is 66.0 Å². The number of aryl methyl sites for hydroxylation is 1. The number of halogens is 1. The van der Waals surface area contributed by atoms with Gasteiger partial charge >= 0.3 is 0 Å². The molecule has 0 radical (unpaired) electrons. The van der Waals surface area contributed by atoms with Crippen molar-refractivity contribution in [2.24, 2.45) is 0 Å². The van der Waals surface area contributed by atoms with Gasteiger partial charge in [-0.3, -0.25) is 0 Å². The van der Waals surface area contributed by atoms with Crippen LogP contribution in [0.3, 0.4) is 0 Å². The fraction of sp³-hybridized carbons (Fsp3) is 0.429. The summed E-state index contributed by atoms with van der Waals surface area (Å²) in [6, 6.07) is 10.4. The van der Waals surface area contributed by atoms with Crippen molar-refractivity contribution in [1.29, 1.82) is 0 Å². The zero-order valence-corrected chi connectivity index (χ0v) is 14.6. The zero-order chi connectivity index (χ0) is 16.4. The van der Waals surface area contributed by atoms with Crippen molar-refractivity contribution < 1.29 is 4.39 Å². The Labute approximate surface area is 134 Å². The molecule has 1 atom stereocenters. The molecule has 0 spiro atoms. The lowest BCUT2D eigenvalue weighted by Gasteiger charge is -2.18. The fourth-order valence-electron chi connectivity index (χ4n) is 3.25. The minimum Gasteiger partial charge on any atom is -0.207 e. The van der Waals surface area contributed by atoms with E-state index in [-0.39, 0.29) is 5.82 Å². The number of hydrogen-bond donors (Lipinski definition) is 0. The largest absolute Gasteiger partial charge is 0.207 e. The summed E-state index contributed by atoms with van der Waals surface area (Å²) < 4.78 is 14.2. The number of rotatable bonds is 4. The first kappa shape index (κ1) is 16.7. The lowest BCUT2D eigenvalue weighted by molar-refractivity contribution is 0.607. The van der Waals surface area contributed by atoms with E-state index >= 15 is 0 Å². The first-order valence-electron chi connectivity index (χ1n) is 8.16. The Hall–Kier alpha value is -1.63. The second-order valence-electron chi connectivity index (χ2n) is 6.84. The van der Waals surface area contributed by atoms with E-state index in [1.807, 2.05) is 6.92 Å². The van der Waals surface area contributed by atoms with Crippen LogP contribution in [0.25, 0.3) is 0 Å². The third-order valence-corrected chi connectivity index (χ3v) is 4.79. The first-order valence-corrected chi connectivity index (χ1v) is 8.16. The van der Waals surface area contributed by atoms with E-state index in [4.69, 9.17) is 0 Å². The average molecular weight is 298 g/mol. The second kappa shape index (κ2) is 6.64. The predicted octanol–water partition coefficient (Wildman–Crippen LogP) is 6.22. The maximum Gasteiger partial charge on any atom is 0.126 e. The van der Waals surface area contributed by atoms with Crippen LogP contribution in [-0.2, 0) is 6.42 Å². The lowest BCUT2D eigenvalue weighted by atomic mass is 9.87. The molecule has 0 aromatic heterocycles. The van der Waals surface area contributed by atoms with E-state index in [0.717, 1.165) is 23.1 Å². The topological polar surface area (TPSA) is 0 Å². The summed E-state index contributed by atoms with van der Waals surface area (Å²) in [6.07, 6.45) is 0.876. The Kier molecular flexibility index (Phi) is 5.05. The van der Waals surface area contributed by atoms with E-state index in [9.17, 15) is 4.39 Å². The summed E-state index contributed by atoms with van der Waals surface area (Å²) in [4.78, 5) is 0. The number of benzene rings is 2. The van der Waals surface area contributed by atoms with Gasteiger partial charge in [0.1, 0.15) is 5.82 Å². The Morgan fingerprint density at radius 3 is 2.23 bits per heavy atom. The zero-order valence-electron chi connectivity index (χ0n) is 14.6. The SMILES string of the molecule is Cc1cccc(C(C)Cc2cc(F)c(C)c(C(C)C)c2)c1C. The standard InChI is InChI=1S/C21H27F/c1-13(2)20-11-18(12-21(22)17(20)6)10-15(4)19-9-7-8-14(3)16(19)5/h7-9,11-13,15H,10H2,1-6H3. The Morgan fingerprint density at radius 1 is 0.909 bits per heavy atom. The molecule has 0 bridgehead atoms. The van der Waals surface area contributed by atoms with Gasteiger partial charge in [-0.2, -0.15) is 0 Å². The Bertz CT molecular complexity index is 668. The van der Waals surface area contributed by atoms with E-state index in [1.54, 1.807) is 6.07 Å². The van der Waals surface area contributed by atoms with Crippen LogP contribution in [0.4, 0.5) is 4.39 Å². The maximum absolute atomic E-state index is 14.2. The van der Waals surface area contributed by atoms with Gasteiger partial charge in [0, 0.05) is 0 Å². The Balaban J connectivity index is 2.32. The van der Waals surface area contributed by atoms with Crippen molar-refractivity contribution in [1.82, 2.24) is 0 Å². The summed E-state index contributed by atoms with van der Waals surface area (Å²) in [5.41, 5.74) is 7.06. The third kappa shape index (κ3) is 3.40. The molecule has 2 rings (SSSR count). The smallest absolute Gasteiger partial charge is 0.126 e. The molecule has 2 aromatic rings. The molecule has 1 unspecified atom stereocenters. The lowest BCUT2D eigenvalue weighted by Crippen LogP contribution is -2.05. The van der Waals surface area contributed by atoms with E-state index in [0.29, 0.717) is 11.8 Å². The third-order valence-electron chi connectivity index (χ3n) is 4.79. The van der Waals surface area contributed by atoms with Gasteiger partial charge < -0.3 is 0 Å². The van der Waals surface area contributed by atoms with Crippen molar-refractivity contribution in [3.05, 3.63) is 69.5 Å². The van der Waals surface area contributed by atoms with Crippen molar-refractivity contribution in [2.45, 2.75) is 59.8 Å². The van der Waals surface area contributed by atoms with Gasteiger partial charge in [-0.15, -0.1) is 0 Å². The molecule has 0 N–H and O–H groups in total. The van der Waals surface area contributed by atoms with E-state index < -0.39 is 0 Å². The molecule has 0 aliphatic carbocycles. The van der Waals surface area contributed by atoms with Crippen LogP contribution in [0, 0.1) is 26.6 Å². The van der Waals surface area contributed by atoms with Crippen LogP contribution >= 0.6 is 0 Å². The highest BCUT2D eigenvalue weighted by atomic mass is 19.1. The summed E-state index contributed by atoms with van der Waals surface area (Å²) in [5, 5.41) is 0. The van der Waals surface area contributed by atoms with Crippen molar-refractivity contribution in [2.75, 3.05) is 0 Å². The summed E-state index contributed by atoms with van der Waals surface area (Å²) >= 11 is 0. The van der Waals surface area contributed by atoms with E-state index in [1.165, 1.54) is 16.7 Å². The molecule has 2 aromatic carbocycles. The van der Waals surface area contributed by atoms with Gasteiger partial charge in [0.15, 0.2) is 0 Å². The first-order chi connectivity index (χ1) is 10.3. The van der Waals surface area contributed by atoms with Gasteiger partial charge in [-0.1, -0.05) is 45.0 Å². The highest BCUT2D eigenvalue weighted by Gasteiger charge is 2.14. The monoisotopic (exact) mass is 298 g/mol. The normalized spacial score (nSPS) is 12.7. The van der Waals surface area contributed by atoms with Crippen LogP contribution in [0.5, 0.6) is 0 Å². The highest BCUT2D eigenvalue weighted by molar-refractivity contribution is 5.38. The van der Waals surface area contributed by atoms with Crippen molar-refractivity contribution in [3.8, 4) is 0 Å². The van der Waals surface area contributed by atoms with Crippen LogP contribution < -0.4 is 0 Å². The quantitative estimate of drug-likeness (QED) is 0.628. The molecule has 1 heteroatoms. The van der Waals surface area contributed by atoms with Crippen LogP contribution in [0.2, 0.25) is 0 Å². The molecular weight excluding hydrogens is 271 g/mol. The molecular formula is C21H27F. The van der Waals surface area contributed by atoms with E-state index in [2.05, 4.69) is 58.9 Å². The average Bonchev–Trinajstić information content (AvgIpc) is 2.45. The molecule has 0 aliphatic rings. The van der Waals surface area contributed by atoms with Gasteiger partial charge in [-0.25, -0.2) is 4.39 Å². The molecule has 0 saturated heterocycles. The molecule has 118 valence electrons. The van der Waals surface area contributed by atoms with Gasteiger partial charge in [0.2, 0.25) is 0 Å². The fourth-order valence-corrected chi connectivity index (χ4v) is 3.25. The molecule has 22 heavy (non-hydrogen) atoms. The summed E-state index contributed by atoms with van der Waals surface area (Å²) in [5.74, 6) is 0.668.